The molecule has 3 N–H and O–H groups in total. The van der Waals surface area contributed by atoms with Crippen molar-refractivity contribution >= 4 is 21.7 Å². The summed E-state index contributed by atoms with van der Waals surface area (Å²) >= 11 is 0. The highest BCUT2D eigenvalue weighted by molar-refractivity contribution is 7.89. The molecule has 2 aromatic carbocycles. The fraction of sp³-hybridized carbons (Fsp3) is 0.409. The highest BCUT2D eigenvalue weighted by Crippen LogP contribution is 2.28. The van der Waals surface area contributed by atoms with Crippen molar-refractivity contribution in [3.05, 3.63) is 47.5 Å². The Bertz CT molecular complexity index is 1050. The molecule has 1 atom stereocenters. The Morgan fingerprint density at radius 2 is 1.94 bits per heavy atom. The van der Waals surface area contributed by atoms with Crippen LogP contribution < -0.4 is 19.5 Å². The minimum atomic E-state index is -3.94. The standard InChI is InChI=1S/C22H28N2O7S/c1-29-19-8-5-15(12-20(19)30-2)9-10-23-18-7-6-16(22(25)26)13-21(18)32(27,28)24-14-17-4-3-11-31-17/h5-8,12-13,17,23-24H,3-4,9-11,14H2,1-2H3,(H,25,26)/t17-/m0/s1. The first kappa shape index (κ1) is 23.8. The van der Waals surface area contributed by atoms with Gasteiger partial charge in [0.25, 0.3) is 0 Å². The molecule has 3 rings (SSSR count). The van der Waals surface area contributed by atoms with Crippen LogP contribution in [0.15, 0.2) is 41.3 Å². The van der Waals surface area contributed by atoms with Gasteiger partial charge in [0, 0.05) is 19.7 Å². The summed E-state index contributed by atoms with van der Waals surface area (Å²) in [5.74, 6) is 0.0361. The molecule has 1 aliphatic rings. The van der Waals surface area contributed by atoms with Gasteiger partial charge in [0.05, 0.1) is 31.6 Å². The fourth-order valence-corrected chi connectivity index (χ4v) is 4.76. The molecule has 0 amide bonds. The number of benzene rings is 2. The minimum Gasteiger partial charge on any atom is -0.493 e. The van der Waals surface area contributed by atoms with E-state index in [2.05, 4.69) is 10.0 Å². The number of carboxylic acid groups (broad SMARTS) is 1. The molecule has 32 heavy (non-hydrogen) atoms. The third-order valence-corrected chi connectivity index (χ3v) is 6.68. The zero-order valence-electron chi connectivity index (χ0n) is 18.1. The Hall–Kier alpha value is -2.82. The SMILES string of the molecule is COc1ccc(CCNc2ccc(C(=O)O)cc2S(=O)(=O)NC[C@@H]2CCCO2)cc1OC. The van der Waals surface area contributed by atoms with Crippen LogP contribution in [0.5, 0.6) is 11.5 Å². The Morgan fingerprint density at radius 1 is 1.16 bits per heavy atom. The molecule has 0 unspecified atom stereocenters. The van der Waals surface area contributed by atoms with Gasteiger partial charge in [-0.05, 0) is 55.2 Å². The van der Waals surface area contributed by atoms with Gasteiger partial charge in [-0.1, -0.05) is 6.07 Å². The quantitative estimate of drug-likeness (QED) is 0.464. The molecule has 174 valence electrons. The summed E-state index contributed by atoms with van der Waals surface area (Å²) in [5.41, 5.74) is 1.20. The van der Waals surface area contributed by atoms with E-state index in [1.165, 1.54) is 18.2 Å². The van der Waals surface area contributed by atoms with Gasteiger partial charge < -0.3 is 24.6 Å². The van der Waals surface area contributed by atoms with Crippen LogP contribution in [-0.4, -0.2) is 59.5 Å². The summed E-state index contributed by atoms with van der Waals surface area (Å²) in [6, 6.07) is 9.57. The van der Waals surface area contributed by atoms with Crippen molar-refractivity contribution in [2.45, 2.75) is 30.3 Å². The van der Waals surface area contributed by atoms with Gasteiger partial charge in [-0.2, -0.15) is 0 Å². The maximum Gasteiger partial charge on any atom is 0.335 e. The maximum atomic E-state index is 12.9. The van der Waals surface area contributed by atoms with E-state index in [1.54, 1.807) is 20.3 Å². The van der Waals surface area contributed by atoms with Crippen molar-refractivity contribution in [2.24, 2.45) is 0 Å². The van der Waals surface area contributed by atoms with Crippen LogP contribution in [0.1, 0.15) is 28.8 Å². The number of methoxy groups -OCH3 is 2. The molecule has 0 aliphatic carbocycles. The zero-order valence-corrected chi connectivity index (χ0v) is 18.9. The number of hydrogen-bond acceptors (Lipinski definition) is 7. The molecular weight excluding hydrogens is 436 g/mol. The summed E-state index contributed by atoms with van der Waals surface area (Å²) < 4.78 is 44.4. The Kier molecular flexibility index (Phi) is 7.94. The third kappa shape index (κ3) is 5.90. The number of anilines is 1. The van der Waals surface area contributed by atoms with Crippen molar-refractivity contribution in [2.75, 3.05) is 39.2 Å². The predicted octanol–water partition coefficient (Wildman–Crippen LogP) is 2.51. The molecule has 2 aromatic rings. The van der Waals surface area contributed by atoms with Gasteiger partial charge >= 0.3 is 5.97 Å². The summed E-state index contributed by atoms with van der Waals surface area (Å²) in [6.07, 6.45) is 2.09. The lowest BCUT2D eigenvalue weighted by molar-refractivity contribution is 0.0696. The van der Waals surface area contributed by atoms with Crippen LogP contribution in [0.25, 0.3) is 0 Å². The maximum absolute atomic E-state index is 12.9. The van der Waals surface area contributed by atoms with Gasteiger partial charge in [-0.25, -0.2) is 17.9 Å². The second kappa shape index (κ2) is 10.7. The number of hydrogen-bond donors (Lipinski definition) is 3. The van der Waals surface area contributed by atoms with E-state index >= 15 is 0 Å². The molecular formula is C22H28N2O7S. The molecule has 1 fully saturated rings. The summed E-state index contributed by atoms with van der Waals surface area (Å²) in [7, 11) is -0.817. The Balaban J connectivity index is 1.74. The molecule has 1 heterocycles. The topological polar surface area (TPSA) is 123 Å². The van der Waals surface area contributed by atoms with E-state index in [1.807, 2.05) is 12.1 Å². The van der Waals surface area contributed by atoms with Crippen molar-refractivity contribution < 1.29 is 32.5 Å². The normalized spacial score (nSPS) is 16.0. The van der Waals surface area contributed by atoms with Gasteiger partial charge in [0.1, 0.15) is 4.90 Å². The van der Waals surface area contributed by atoms with Crippen molar-refractivity contribution in [3.8, 4) is 11.5 Å². The number of carbonyl (C=O) groups is 1. The number of nitrogens with one attached hydrogen (secondary N) is 2. The van der Waals surface area contributed by atoms with Gasteiger partial charge in [0.2, 0.25) is 10.0 Å². The van der Waals surface area contributed by atoms with Crippen LogP contribution in [0.2, 0.25) is 0 Å². The smallest absolute Gasteiger partial charge is 0.335 e. The summed E-state index contributed by atoms with van der Waals surface area (Å²) in [5, 5.41) is 12.4. The molecule has 0 radical (unpaired) electrons. The van der Waals surface area contributed by atoms with Crippen LogP contribution in [-0.2, 0) is 21.2 Å². The lowest BCUT2D eigenvalue weighted by Crippen LogP contribution is -2.32. The summed E-state index contributed by atoms with van der Waals surface area (Å²) in [6.45, 7) is 1.19. The van der Waals surface area contributed by atoms with Crippen LogP contribution in [0.4, 0.5) is 5.69 Å². The van der Waals surface area contributed by atoms with E-state index in [0.29, 0.717) is 36.8 Å². The van der Waals surface area contributed by atoms with Crippen molar-refractivity contribution in [1.82, 2.24) is 4.72 Å². The van der Waals surface area contributed by atoms with E-state index in [9.17, 15) is 18.3 Å². The molecule has 0 bridgehead atoms. The highest BCUT2D eigenvalue weighted by Gasteiger charge is 2.24. The number of carboxylic acids is 1. The average Bonchev–Trinajstić information content (AvgIpc) is 3.31. The Morgan fingerprint density at radius 3 is 2.59 bits per heavy atom. The monoisotopic (exact) mass is 464 g/mol. The van der Waals surface area contributed by atoms with Crippen molar-refractivity contribution in [3.63, 3.8) is 0 Å². The number of aromatic carboxylic acids is 1. The molecule has 10 heteroatoms. The third-order valence-electron chi connectivity index (χ3n) is 5.22. The van der Waals surface area contributed by atoms with E-state index in [4.69, 9.17) is 14.2 Å². The molecule has 1 saturated heterocycles. The zero-order chi connectivity index (χ0) is 23.1. The first-order valence-electron chi connectivity index (χ1n) is 10.3. The minimum absolute atomic E-state index is 0.104. The summed E-state index contributed by atoms with van der Waals surface area (Å²) in [4.78, 5) is 11.3. The van der Waals surface area contributed by atoms with Crippen LogP contribution in [0.3, 0.4) is 0 Å². The van der Waals surface area contributed by atoms with Crippen LogP contribution >= 0.6 is 0 Å². The van der Waals surface area contributed by atoms with E-state index in [-0.39, 0.29) is 23.1 Å². The number of ether oxygens (including phenoxy) is 3. The van der Waals surface area contributed by atoms with Crippen molar-refractivity contribution in [1.29, 1.82) is 0 Å². The second-order valence-corrected chi connectivity index (χ2v) is 9.10. The van der Waals surface area contributed by atoms with E-state index < -0.39 is 16.0 Å². The molecule has 0 aromatic heterocycles. The molecule has 0 saturated carbocycles. The molecule has 1 aliphatic heterocycles. The fourth-order valence-electron chi connectivity index (χ4n) is 3.49. The van der Waals surface area contributed by atoms with Gasteiger partial charge in [-0.15, -0.1) is 0 Å². The second-order valence-electron chi connectivity index (χ2n) is 7.37. The van der Waals surface area contributed by atoms with Gasteiger partial charge in [0.15, 0.2) is 11.5 Å². The molecule has 0 spiro atoms. The van der Waals surface area contributed by atoms with Crippen LogP contribution in [0, 0.1) is 0 Å². The lowest BCUT2D eigenvalue weighted by atomic mass is 10.1. The first-order valence-corrected chi connectivity index (χ1v) is 11.8. The first-order chi connectivity index (χ1) is 15.3. The molecule has 9 nitrogen and oxygen atoms in total. The van der Waals surface area contributed by atoms with E-state index in [0.717, 1.165) is 18.4 Å². The average molecular weight is 465 g/mol. The lowest BCUT2D eigenvalue weighted by Gasteiger charge is -2.16. The number of sulfonamides is 1. The predicted molar refractivity (Wildman–Crippen MR) is 119 cm³/mol. The number of rotatable bonds is 11. The largest absolute Gasteiger partial charge is 0.493 e. The van der Waals surface area contributed by atoms with Gasteiger partial charge in [-0.3, -0.25) is 0 Å². The Labute approximate surface area is 187 Å². The highest BCUT2D eigenvalue weighted by atomic mass is 32.2.